The van der Waals surface area contributed by atoms with E-state index in [9.17, 15) is 4.79 Å². The lowest BCUT2D eigenvalue weighted by molar-refractivity contribution is 0.253. The molecule has 1 atom stereocenters. The number of aromatic nitrogens is 4. The maximum atomic E-state index is 13.2. The van der Waals surface area contributed by atoms with Gasteiger partial charge in [0.15, 0.2) is 0 Å². The molecule has 1 saturated heterocycles. The van der Waals surface area contributed by atoms with E-state index in [1.54, 1.807) is 4.57 Å². The monoisotopic (exact) mass is 570 g/mol. The van der Waals surface area contributed by atoms with Crippen LogP contribution in [0.25, 0.3) is 44.3 Å². The third-order valence-electron chi connectivity index (χ3n) is 8.46. The lowest BCUT2D eigenvalue weighted by Crippen LogP contribution is -2.50. The minimum absolute atomic E-state index is 0.183. The van der Waals surface area contributed by atoms with Gasteiger partial charge in [-0.15, -0.1) is 0 Å². The van der Waals surface area contributed by atoms with Crippen molar-refractivity contribution in [2.75, 3.05) is 42.6 Å². The fourth-order valence-corrected chi connectivity index (χ4v) is 6.15. The van der Waals surface area contributed by atoms with Crippen molar-refractivity contribution >= 4 is 45.2 Å². The number of likely N-dealkylation sites (N-methyl/N-ethyl adjacent to an activating group) is 1. The molecule has 4 N–H and O–H groups in total. The summed E-state index contributed by atoms with van der Waals surface area (Å²) in [6.45, 7) is 7.39. The number of hydrogen-bond donors (Lipinski definition) is 3. The number of benzene rings is 3. The highest BCUT2D eigenvalue weighted by Crippen LogP contribution is 2.35. The van der Waals surface area contributed by atoms with Gasteiger partial charge in [-0.2, -0.15) is 4.98 Å². The topological polar surface area (TPSA) is 108 Å². The lowest BCUT2D eigenvalue weighted by Gasteiger charge is -2.39. The van der Waals surface area contributed by atoms with Crippen molar-refractivity contribution in [1.29, 1.82) is 0 Å². The predicted molar refractivity (Wildman–Crippen MR) is 175 cm³/mol. The summed E-state index contributed by atoms with van der Waals surface area (Å²) in [5.41, 5.74) is 13.3. The van der Waals surface area contributed by atoms with Gasteiger partial charge in [0.2, 0.25) is 5.95 Å². The summed E-state index contributed by atoms with van der Waals surface area (Å²) in [6.07, 6.45) is 3.66. The average molecular weight is 571 g/mol. The van der Waals surface area contributed by atoms with Gasteiger partial charge in [-0.3, -0.25) is 4.57 Å². The van der Waals surface area contributed by atoms with E-state index in [2.05, 4.69) is 74.4 Å². The molecule has 3 aromatic heterocycles. The number of nitrogen functional groups attached to an aromatic ring is 1. The molecule has 216 valence electrons. The molecule has 1 amide bonds. The normalized spacial score (nSPS) is 15.8. The highest BCUT2D eigenvalue weighted by molar-refractivity contribution is 5.99. The SMILES string of the molecule is Cc1c(NC(=O)n2cc3ccccc3c2)cccc1-c1nc(N)nc2[nH]c(-c3ccc(N4CCN(C)CC4C)cc3)cc12. The van der Waals surface area contributed by atoms with Gasteiger partial charge in [0.05, 0.1) is 5.69 Å². The number of aromatic amines is 1. The number of anilines is 3. The van der Waals surface area contributed by atoms with E-state index in [-0.39, 0.29) is 12.0 Å². The highest BCUT2D eigenvalue weighted by Gasteiger charge is 2.22. The number of carbonyl (C=O) groups is 1. The van der Waals surface area contributed by atoms with Crippen LogP contribution in [0, 0.1) is 6.92 Å². The van der Waals surface area contributed by atoms with Crippen molar-refractivity contribution in [3.05, 3.63) is 90.8 Å². The van der Waals surface area contributed by atoms with Gasteiger partial charge in [0.1, 0.15) is 5.65 Å². The first-order chi connectivity index (χ1) is 20.8. The van der Waals surface area contributed by atoms with Crippen molar-refractivity contribution in [3.8, 4) is 22.5 Å². The van der Waals surface area contributed by atoms with Gasteiger partial charge in [-0.05, 0) is 67.1 Å². The smallest absolute Gasteiger partial charge is 0.330 e. The fourth-order valence-electron chi connectivity index (χ4n) is 6.15. The second kappa shape index (κ2) is 10.6. The van der Waals surface area contributed by atoms with E-state index in [4.69, 9.17) is 5.73 Å². The minimum Gasteiger partial charge on any atom is -0.368 e. The molecular weight excluding hydrogens is 536 g/mol. The lowest BCUT2D eigenvalue weighted by atomic mass is 10.0. The Morgan fingerprint density at radius 3 is 2.44 bits per heavy atom. The van der Waals surface area contributed by atoms with Crippen LogP contribution in [0.1, 0.15) is 12.5 Å². The van der Waals surface area contributed by atoms with E-state index < -0.39 is 0 Å². The number of piperazine rings is 1. The van der Waals surface area contributed by atoms with Crippen LogP contribution in [0.4, 0.5) is 22.1 Å². The van der Waals surface area contributed by atoms with E-state index in [0.29, 0.717) is 23.1 Å². The van der Waals surface area contributed by atoms with E-state index >= 15 is 0 Å². The molecule has 3 aromatic carbocycles. The number of hydrogen-bond acceptors (Lipinski definition) is 6. The number of nitrogens with zero attached hydrogens (tertiary/aromatic N) is 5. The second-order valence-corrected chi connectivity index (χ2v) is 11.4. The quantitative estimate of drug-likeness (QED) is 0.228. The Balaban J connectivity index is 1.20. The molecule has 0 spiro atoms. The van der Waals surface area contributed by atoms with Crippen LogP contribution in [0.5, 0.6) is 0 Å². The van der Waals surface area contributed by atoms with Gasteiger partial charge in [0, 0.05) is 66.1 Å². The van der Waals surface area contributed by atoms with Gasteiger partial charge in [0.25, 0.3) is 0 Å². The van der Waals surface area contributed by atoms with Crippen molar-refractivity contribution in [2.45, 2.75) is 19.9 Å². The van der Waals surface area contributed by atoms with E-state index in [1.165, 1.54) is 5.69 Å². The van der Waals surface area contributed by atoms with Crippen LogP contribution < -0.4 is 16.0 Å². The molecule has 9 heteroatoms. The Labute approximate surface area is 250 Å². The summed E-state index contributed by atoms with van der Waals surface area (Å²) >= 11 is 0. The third-order valence-corrected chi connectivity index (χ3v) is 8.46. The number of fused-ring (bicyclic) bond motifs is 2. The minimum atomic E-state index is -0.234. The summed E-state index contributed by atoms with van der Waals surface area (Å²) in [6, 6.07) is 24.7. The maximum absolute atomic E-state index is 13.2. The standard InChI is InChI=1S/C34H34N8O/c1-21-18-40(3)15-16-42(21)26-13-11-23(12-14-26)30-17-28-31(38-33(35)39-32(28)36-30)27-9-6-10-29(22(27)2)37-34(43)41-19-24-7-4-5-8-25(24)20-41/h4-14,17,19-21H,15-16,18H2,1-3H3,(H,37,43)(H3,35,36,38,39). The largest absolute Gasteiger partial charge is 0.368 e. The highest BCUT2D eigenvalue weighted by atomic mass is 16.2. The fraction of sp³-hybridized carbons (Fsp3) is 0.206. The number of H-pyrrole nitrogens is 1. The molecule has 6 aromatic rings. The molecule has 4 heterocycles. The Kier molecular flexibility index (Phi) is 6.59. The van der Waals surface area contributed by atoms with Crippen molar-refractivity contribution in [3.63, 3.8) is 0 Å². The Morgan fingerprint density at radius 1 is 0.977 bits per heavy atom. The van der Waals surface area contributed by atoms with Crippen LogP contribution >= 0.6 is 0 Å². The van der Waals surface area contributed by atoms with Gasteiger partial charge in [-0.1, -0.05) is 48.5 Å². The molecule has 1 fully saturated rings. The number of carbonyl (C=O) groups excluding carboxylic acids is 1. The Hall–Kier alpha value is -5.15. The zero-order valence-corrected chi connectivity index (χ0v) is 24.5. The molecule has 9 nitrogen and oxygen atoms in total. The Morgan fingerprint density at radius 2 is 1.72 bits per heavy atom. The molecule has 0 radical (unpaired) electrons. The molecule has 7 rings (SSSR count). The van der Waals surface area contributed by atoms with Crippen LogP contribution in [-0.4, -0.2) is 63.2 Å². The number of nitrogens with one attached hydrogen (secondary N) is 2. The first-order valence-electron chi connectivity index (χ1n) is 14.5. The zero-order valence-electron chi connectivity index (χ0n) is 24.5. The van der Waals surface area contributed by atoms with Gasteiger partial charge < -0.3 is 25.8 Å². The van der Waals surface area contributed by atoms with E-state index in [0.717, 1.165) is 58.2 Å². The van der Waals surface area contributed by atoms with Crippen LogP contribution in [0.2, 0.25) is 0 Å². The maximum Gasteiger partial charge on any atom is 0.330 e. The van der Waals surface area contributed by atoms with Crippen LogP contribution in [0.3, 0.4) is 0 Å². The second-order valence-electron chi connectivity index (χ2n) is 11.4. The number of amides is 1. The average Bonchev–Trinajstić information content (AvgIpc) is 3.63. The zero-order chi connectivity index (χ0) is 29.7. The molecular formula is C34H34N8O. The number of nitrogens with two attached hydrogens (primary N) is 1. The summed E-state index contributed by atoms with van der Waals surface area (Å²) in [4.78, 5) is 30.6. The number of rotatable bonds is 4. The molecule has 0 bridgehead atoms. The Bertz CT molecular complexity index is 1940. The molecule has 0 saturated carbocycles. The van der Waals surface area contributed by atoms with Crippen LogP contribution in [0.15, 0.2) is 85.2 Å². The summed E-state index contributed by atoms with van der Waals surface area (Å²) in [5, 5.41) is 5.95. The molecule has 43 heavy (non-hydrogen) atoms. The van der Waals surface area contributed by atoms with Gasteiger partial charge in [-0.25, -0.2) is 9.78 Å². The molecule has 1 unspecified atom stereocenters. The molecule has 1 aliphatic heterocycles. The van der Waals surface area contributed by atoms with Gasteiger partial charge >= 0.3 is 6.03 Å². The predicted octanol–water partition coefficient (Wildman–Crippen LogP) is 6.36. The summed E-state index contributed by atoms with van der Waals surface area (Å²) in [7, 11) is 2.18. The first-order valence-corrected chi connectivity index (χ1v) is 14.5. The third kappa shape index (κ3) is 4.97. The van der Waals surface area contributed by atoms with Crippen molar-refractivity contribution in [2.24, 2.45) is 0 Å². The van der Waals surface area contributed by atoms with E-state index in [1.807, 2.05) is 61.8 Å². The van der Waals surface area contributed by atoms with Crippen LogP contribution in [-0.2, 0) is 0 Å². The first kappa shape index (κ1) is 26.7. The van der Waals surface area contributed by atoms with Crippen molar-refractivity contribution < 1.29 is 4.79 Å². The summed E-state index contributed by atoms with van der Waals surface area (Å²) < 4.78 is 1.58. The summed E-state index contributed by atoms with van der Waals surface area (Å²) in [5.74, 6) is 0.183. The van der Waals surface area contributed by atoms with Crippen molar-refractivity contribution in [1.82, 2.24) is 24.4 Å². The molecule has 0 aliphatic carbocycles. The molecule has 1 aliphatic rings.